The molecule has 2 aromatic rings. The Kier molecular flexibility index (Phi) is 7.55. The molecule has 2 aliphatic rings. The molecule has 0 aliphatic carbocycles. The summed E-state index contributed by atoms with van der Waals surface area (Å²) in [4.78, 5) is 35.0. The van der Waals surface area contributed by atoms with Gasteiger partial charge in [-0.05, 0) is 48.6 Å². The summed E-state index contributed by atoms with van der Waals surface area (Å²) in [5.41, 5.74) is 0.924. The number of likely N-dealkylation sites (tertiary alicyclic amines) is 1. The van der Waals surface area contributed by atoms with Crippen molar-refractivity contribution in [2.24, 2.45) is 4.99 Å². The fourth-order valence-corrected chi connectivity index (χ4v) is 5.48. The van der Waals surface area contributed by atoms with Crippen LogP contribution < -0.4 is 9.64 Å². The Morgan fingerprint density at radius 1 is 1.25 bits per heavy atom. The number of hydrogen-bond donors (Lipinski definition) is 0. The number of amides is 2. The average Bonchev–Trinajstić information content (AvgIpc) is 3.30. The first kappa shape index (κ1) is 22.9. The monoisotopic (exact) mass is 489 g/mol. The Morgan fingerprint density at radius 2 is 2.03 bits per heavy atom. The van der Waals surface area contributed by atoms with Crippen LogP contribution in [0, 0.1) is 0 Å². The van der Waals surface area contributed by atoms with E-state index in [2.05, 4.69) is 4.99 Å². The zero-order chi connectivity index (χ0) is 22.5. The number of amidine groups is 1. The minimum absolute atomic E-state index is 0.0791. The van der Waals surface area contributed by atoms with Crippen molar-refractivity contribution in [1.29, 1.82) is 0 Å². The van der Waals surface area contributed by atoms with Gasteiger partial charge in [0.15, 0.2) is 5.17 Å². The maximum Gasteiger partial charge on any atom is 0.283 e. The van der Waals surface area contributed by atoms with Crippen LogP contribution in [-0.4, -0.2) is 47.8 Å². The van der Waals surface area contributed by atoms with Crippen molar-refractivity contribution < 1.29 is 14.3 Å². The Hall–Kier alpha value is -2.29. The summed E-state index contributed by atoms with van der Waals surface area (Å²) in [5, 5.41) is 2.83. The zero-order valence-electron chi connectivity index (χ0n) is 17.8. The maximum absolute atomic E-state index is 13.3. The second-order valence-electron chi connectivity index (χ2n) is 7.48. The SMILES string of the molecule is COc1ccc(N2C(=O)/C(=C/c3cccs3)N=C2SCC(=O)N2CCCCCC2)cc1Cl. The fraction of sp³-hybridized carbons (Fsp3) is 0.348. The van der Waals surface area contributed by atoms with E-state index in [9.17, 15) is 9.59 Å². The van der Waals surface area contributed by atoms with E-state index >= 15 is 0 Å². The molecule has 168 valence electrons. The molecule has 3 heterocycles. The molecule has 1 aromatic carbocycles. The second kappa shape index (κ2) is 10.6. The van der Waals surface area contributed by atoms with Crippen molar-refractivity contribution in [3.05, 3.63) is 51.3 Å². The Morgan fingerprint density at radius 3 is 2.69 bits per heavy atom. The summed E-state index contributed by atoms with van der Waals surface area (Å²) >= 11 is 9.13. The molecular formula is C23H24ClN3O3S2. The highest BCUT2D eigenvalue weighted by Crippen LogP contribution is 2.34. The van der Waals surface area contributed by atoms with E-state index in [1.165, 1.54) is 40.8 Å². The lowest BCUT2D eigenvalue weighted by molar-refractivity contribution is -0.128. The number of carbonyl (C=O) groups is 2. The molecule has 6 nitrogen and oxygen atoms in total. The van der Waals surface area contributed by atoms with Crippen LogP contribution in [0.4, 0.5) is 5.69 Å². The van der Waals surface area contributed by atoms with Crippen LogP contribution in [0.1, 0.15) is 30.6 Å². The number of halogens is 1. The Balaban J connectivity index is 1.58. The molecule has 4 rings (SSSR count). The number of thiophene rings is 1. The van der Waals surface area contributed by atoms with E-state index in [1.807, 2.05) is 22.4 Å². The fourth-order valence-electron chi connectivity index (χ4n) is 3.66. The van der Waals surface area contributed by atoms with Gasteiger partial charge in [-0.2, -0.15) is 0 Å². The average molecular weight is 490 g/mol. The molecular weight excluding hydrogens is 466 g/mol. The van der Waals surface area contributed by atoms with Crippen LogP contribution in [0.15, 0.2) is 46.4 Å². The number of rotatable bonds is 5. The van der Waals surface area contributed by atoms with Crippen LogP contribution in [0.3, 0.4) is 0 Å². The quantitative estimate of drug-likeness (QED) is 0.535. The highest BCUT2D eigenvalue weighted by molar-refractivity contribution is 8.14. The van der Waals surface area contributed by atoms with Crippen LogP contribution in [0.5, 0.6) is 5.75 Å². The normalized spacial score (nSPS) is 18.1. The van der Waals surface area contributed by atoms with Crippen molar-refractivity contribution in [1.82, 2.24) is 4.90 Å². The van der Waals surface area contributed by atoms with E-state index in [0.29, 0.717) is 27.3 Å². The first-order valence-corrected chi connectivity index (χ1v) is 12.7. The van der Waals surface area contributed by atoms with Crippen LogP contribution in [0.2, 0.25) is 5.02 Å². The number of ether oxygens (including phenoxy) is 1. The second-order valence-corrected chi connectivity index (χ2v) is 9.81. The van der Waals surface area contributed by atoms with Crippen molar-refractivity contribution in [2.45, 2.75) is 25.7 Å². The van der Waals surface area contributed by atoms with E-state index in [0.717, 1.165) is 30.8 Å². The lowest BCUT2D eigenvalue weighted by Crippen LogP contribution is -2.35. The third-order valence-corrected chi connectivity index (χ3v) is 7.37. The van der Waals surface area contributed by atoms with Gasteiger partial charge < -0.3 is 9.64 Å². The molecule has 32 heavy (non-hydrogen) atoms. The van der Waals surface area contributed by atoms with Crippen LogP contribution in [-0.2, 0) is 9.59 Å². The maximum atomic E-state index is 13.3. The van der Waals surface area contributed by atoms with E-state index in [1.54, 1.807) is 31.4 Å². The molecule has 2 aliphatic heterocycles. The molecule has 0 atom stereocenters. The highest BCUT2D eigenvalue weighted by atomic mass is 35.5. The molecule has 0 saturated carbocycles. The van der Waals surface area contributed by atoms with E-state index in [-0.39, 0.29) is 17.6 Å². The molecule has 0 spiro atoms. The highest BCUT2D eigenvalue weighted by Gasteiger charge is 2.33. The molecule has 0 unspecified atom stereocenters. The number of thioether (sulfide) groups is 1. The van der Waals surface area contributed by atoms with Gasteiger partial charge in [-0.25, -0.2) is 4.99 Å². The first-order chi connectivity index (χ1) is 15.6. The molecule has 0 radical (unpaired) electrons. The summed E-state index contributed by atoms with van der Waals surface area (Å²) in [7, 11) is 1.54. The predicted molar refractivity (Wildman–Crippen MR) is 133 cm³/mol. The number of anilines is 1. The third-order valence-electron chi connectivity index (χ3n) is 5.33. The van der Waals surface area contributed by atoms with Gasteiger partial charge in [-0.15, -0.1) is 11.3 Å². The zero-order valence-corrected chi connectivity index (χ0v) is 20.1. The summed E-state index contributed by atoms with van der Waals surface area (Å²) in [6, 6.07) is 9.03. The number of nitrogens with zero attached hydrogens (tertiary/aromatic N) is 3. The van der Waals surface area contributed by atoms with Crippen molar-refractivity contribution in [3.8, 4) is 5.75 Å². The molecule has 1 saturated heterocycles. The predicted octanol–water partition coefficient (Wildman–Crippen LogP) is 5.29. The molecule has 2 amide bonds. The van der Waals surface area contributed by atoms with Crippen LogP contribution in [0.25, 0.3) is 6.08 Å². The first-order valence-electron chi connectivity index (χ1n) is 10.5. The topological polar surface area (TPSA) is 62.2 Å². The largest absolute Gasteiger partial charge is 0.495 e. The van der Waals surface area contributed by atoms with Gasteiger partial charge in [0.05, 0.1) is 23.6 Å². The third kappa shape index (κ3) is 5.19. The number of aliphatic imine (C=N–C) groups is 1. The molecule has 1 aromatic heterocycles. The van der Waals surface area contributed by atoms with Crippen LogP contribution >= 0.6 is 34.7 Å². The molecule has 1 fully saturated rings. The van der Waals surface area contributed by atoms with Gasteiger partial charge >= 0.3 is 0 Å². The number of benzene rings is 1. The van der Waals surface area contributed by atoms with Crippen molar-refractivity contribution in [2.75, 3.05) is 30.9 Å². The Bertz CT molecular complexity index is 1040. The summed E-state index contributed by atoms with van der Waals surface area (Å²) in [5.74, 6) is 0.595. The van der Waals surface area contributed by atoms with Crippen molar-refractivity contribution in [3.63, 3.8) is 0 Å². The summed E-state index contributed by atoms with van der Waals surface area (Å²) in [6.45, 7) is 1.60. The smallest absolute Gasteiger partial charge is 0.283 e. The number of carbonyl (C=O) groups excluding carboxylic acids is 2. The minimum atomic E-state index is -0.246. The molecule has 0 N–H and O–H groups in total. The van der Waals surface area contributed by atoms with Gasteiger partial charge in [0.1, 0.15) is 11.4 Å². The summed E-state index contributed by atoms with van der Waals surface area (Å²) in [6.07, 6.45) is 6.19. The number of methoxy groups -OCH3 is 1. The summed E-state index contributed by atoms with van der Waals surface area (Å²) < 4.78 is 5.23. The number of hydrogen-bond acceptors (Lipinski definition) is 6. The van der Waals surface area contributed by atoms with Gasteiger partial charge in [0.25, 0.3) is 5.91 Å². The standard InChI is InChI=1S/C23H24ClN3O3S2/c1-30-20-9-8-16(13-18(20)24)27-22(29)19(14-17-7-6-12-31-17)25-23(27)32-15-21(28)26-10-4-2-3-5-11-26/h6-9,12-14H,2-5,10-11,15H2,1H3/b19-14-. The van der Waals surface area contributed by atoms with E-state index in [4.69, 9.17) is 16.3 Å². The molecule has 9 heteroatoms. The van der Waals surface area contributed by atoms with Gasteiger partial charge in [0, 0.05) is 18.0 Å². The lowest BCUT2D eigenvalue weighted by Gasteiger charge is -2.22. The van der Waals surface area contributed by atoms with E-state index < -0.39 is 0 Å². The Labute approximate surface area is 200 Å². The van der Waals surface area contributed by atoms with Crippen molar-refractivity contribution >= 4 is 63.4 Å². The van der Waals surface area contributed by atoms with Gasteiger partial charge in [0.2, 0.25) is 5.91 Å². The van der Waals surface area contributed by atoms with Gasteiger partial charge in [-0.3, -0.25) is 14.5 Å². The minimum Gasteiger partial charge on any atom is -0.495 e. The molecule has 0 bridgehead atoms. The lowest BCUT2D eigenvalue weighted by atomic mass is 10.2. The van der Waals surface area contributed by atoms with Gasteiger partial charge in [-0.1, -0.05) is 42.3 Å².